The van der Waals surface area contributed by atoms with E-state index in [2.05, 4.69) is 10.2 Å². The number of hydrogen-bond donors (Lipinski definition) is 1. The molecule has 0 saturated carbocycles. The van der Waals surface area contributed by atoms with E-state index >= 15 is 0 Å². The Kier molecular flexibility index (Phi) is 7.25. The quantitative estimate of drug-likeness (QED) is 0.768. The number of rotatable bonds is 7. The number of amides is 1. The van der Waals surface area contributed by atoms with Crippen LogP contribution in [0.2, 0.25) is 0 Å². The molecule has 2 rings (SSSR count). The molecule has 1 amide bonds. The van der Waals surface area contributed by atoms with Crippen molar-refractivity contribution in [3.63, 3.8) is 0 Å². The molecule has 1 heterocycles. The number of nitrogens with zero attached hydrogens (tertiary/aromatic N) is 1. The molecule has 138 valence electrons. The predicted octanol–water partition coefficient (Wildman–Crippen LogP) is 2.69. The zero-order chi connectivity index (χ0) is 18.2. The topological polar surface area (TPSA) is 67.9 Å². The lowest BCUT2D eigenvalue weighted by Gasteiger charge is -2.35. The van der Waals surface area contributed by atoms with Gasteiger partial charge in [-0.3, -0.25) is 14.5 Å². The van der Waals surface area contributed by atoms with E-state index in [4.69, 9.17) is 9.47 Å². The number of hydrogen-bond acceptors (Lipinski definition) is 5. The van der Waals surface area contributed by atoms with Gasteiger partial charge in [0.2, 0.25) is 5.91 Å². The highest BCUT2D eigenvalue weighted by Gasteiger charge is 2.31. The molecule has 1 fully saturated rings. The van der Waals surface area contributed by atoms with Gasteiger partial charge in [-0.15, -0.1) is 0 Å². The van der Waals surface area contributed by atoms with Crippen LogP contribution >= 0.6 is 0 Å². The summed E-state index contributed by atoms with van der Waals surface area (Å²) in [5, 5.41) is 2.93. The Morgan fingerprint density at radius 1 is 1.24 bits per heavy atom. The van der Waals surface area contributed by atoms with Crippen LogP contribution in [0.25, 0.3) is 0 Å². The third-order valence-electron chi connectivity index (χ3n) is 4.43. The van der Waals surface area contributed by atoms with Crippen LogP contribution in [0.4, 0.5) is 5.69 Å². The number of likely N-dealkylation sites (tertiary alicyclic amines) is 1. The van der Waals surface area contributed by atoms with E-state index in [9.17, 15) is 9.59 Å². The zero-order valence-corrected chi connectivity index (χ0v) is 15.3. The smallest absolute Gasteiger partial charge is 0.310 e. The van der Waals surface area contributed by atoms with Crippen molar-refractivity contribution in [2.24, 2.45) is 5.92 Å². The summed E-state index contributed by atoms with van der Waals surface area (Å²) in [4.78, 5) is 26.5. The first kappa shape index (κ1) is 19.2. The number of esters is 1. The highest BCUT2D eigenvalue weighted by molar-refractivity contribution is 5.94. The summed E-state index contributed by atoms with van der Waals surface area (Å²) < 4.78 is 10.5. The number of carbonyl (C=O) groups is 2. The second-order valence-corrected chi connectivity index (χ2v) is 6.21. The number of ether oxygens (including phenoxy) is 2. The summed E-state index contributed by atoms with van der Waals surface area (Å²) >= 11 is 0. The molecule has 1 aromatic rings. The van der Waals surface area contributed by atoms with Crippen molar-refractivity contribution in [1.29, 1.82) is 0 Å². The maximum atomic E-state index is 12.5. The van der Waals surface area contributed by atoms with Crippen LogP contribution in [-0.4, -0.2) is 49.1 Å². The molecule has 1 aliphatic heterocycles. The Hall–Kier alpha value is -2.08. The summed E-state index contributed by atoms with van der Waals surface area (Å²) in [7, 11) is 0. The van der Waals surface area contributed by atoms with Crippen molar-refractivity contribution in [3.8, 4) is 5.75 Å². The van der Waals surface area contributed by atoms with Crippen LogP contribution in [0, 0.1) is 5.92 Å². The van der Waals surface area contributed by atoms with Gasteiger partial charge in [-0.25, -0.2) is 0 Å². The average molecular weight is 348 g/mol. The molecule has 6 nitrogen and oxygen atoms in total. The van der Waals surface area contributed by atoms with E-state index in [-0.39, 0.29) is 23.8 Å². The monoisotopic (exact) mass is 348 g/mol. The standard InChI is InChI=1S/C19H28N2O4/c1-4-24-17-10-8-16(9-11-17)20-18(22)14(3)21-12-6-7-15(13-21)19(23)25-5-2/h8-11,14-15H,4-7,12-13H2,1-3H3,(H,20,22). The summed E-state index contributed by atoms with van der Waals surface area (Å²) in [6.45, 7) is 8.00. The molecule has 0 bridgehead atoms. The predicted molar refractivity (Wildman–Crippen MR) is 96.6 cm³/mol. The van der Waals surface area contributed by atoms with Gasteiger partial charge in [0.15, 0.2) is 0 Å². The minimum Gasteiger partial charge on any atom is -0.494 e. The van der Waals surface area contributed by atoms with E-state index < -0.39 is 0 Å². The van der Waals surface area contributed by atoms with Gasteiger partial charge in [-0.1, -0.05) is 0 Å². The first-order chi connectivity index (χ1) is 12.0. The highest BCUT2D eigenvalue weighted by atomic mass is 16.5. The third kappa shape index (κ3) is 5.46. The molecule has 1 saturated heterocycles. The molecule has 25 heavy (non-hydrogen) atoms. The van der Waals surface area contributed by atoms with Crippen molar-refractivity contribution in [2.45, 2.75) is 39.7 Å². The molecular formula is C19H28N2O4. The fourth-order valence-corrected chi connectivity index (χ4v) is 3.02. The molecule has 1 aromatic carbocycles. The lowest BCUT2D eigenvalue weighted by molar-refractivity contribution is -0.150. The maximum Gasteiger partial charge on any atom is 0.310 e. The van der Waals surface area contributed by atoms with E-state index in [1.54, 1.807) is 0 Å². The van der Waals surface area contributed by atoms with Gasteiger partial charge < -0.3 is 14.8 Å². The van der Waals surface area contributed by atoms with Crippen molar-refractivity contribution in [1.82, 2.24) is 4.90 Å². The second kappa shape index (κ2) is 9.42. The van der Waals surface area contributed by atoms with Crippen LogP contribution in [0.15, 0.2) is 24.3 Å². The van der Waals surface area contributed by atoms with Crippen LogP contribution in [0.1, 0.15) is 33.6 Å². The lowest BCUT2D eigenvalue weighted by Crippen LogP contribution is -2.48. The van der Waals surface area contributed by atoms with Crippen LogP contribution in [0.3, 0.4) is 0 Å². The summed E-state index contributed by atoms with van der Waals surface area (Å²) in [6, 6.07) is 7.02. The Bertz CT molecular complexity index is 573. The molecular weight excluding hydrogens is 320 g/mol. The molecule has 0 spiro atoms. The van der Waals surface area contributed by atoms with Crippen LogP contribution in [0.5, 0.6) is 5.75 Å². The number of anilines is 1. The third-order valence-corrected chi connectivity index (χ3v) is 4.43. The van der Waals surface area contributed by atoms with E-state index in [0.717, 1.165) is 30.8 Å². The second-order valence-electron chi connectivity index (χ2n) is 6.21. The zero-order valence-electron chi connectivity index (χ0n) is 15.3. The molecule has 6 heteroatoms. The van der Waals surface area contributed by atoms with Crippen LogP contribution < -0.4 is 10.1 Å². The molecule has 1 aliphatic rings. The number of carbonyl (C=O) groups excluding carboxylic acids is 2. The molecule has 1 N–H and O–H groups in total. The molecule has 0 radical (unpaired) electrons. The van der Waals surface area contributed by atoms with Gasteiger partial charge in [-0.05, 0) is 64.4 Å². The Morgan fingerprint density at radius 3 is 2.60 bits per heavy atom. The molecule has 2 atom stereocenters. The van der Waals surface area contributed by atoms with Crippen molar-refractivity contribution < 1.29 is 19.1 Å². The van der Waals surface area contributed by atoms with Gasteiger partial charge in [-0.2, -0.15) is 0 Å². The van der Waals surface area contributed by atoms with Gasteiger partial charge in [0.05, 0.1) is 25.2 Å². The first-order valence-electron chi connectivity index (χ1n) is 8.99. The Balaban J connectivity index is 1.91. The van der Waals surface area contributed by atoms with Crippen molar-refractivity contribution in [2.75, 3.05) is 31.6 Å². The number of benzene rings is 1. The van der Waals surface area contributed by atoms with Crippen LogP contribution in [-0.2, 0) is 14.3 Å². The Morgan fingerprint density at radius 2 is 1.96 bits per heavy atom. The molecule has 0 aliphatic carbocycles. The summed E-state index contributed by atoms with van der Waals surface area (Å²) in [5.41, 5.74) is 0.735. The minimum atomic E-state index is -0.302. The Labute approximate surface area is 149 Å². The van der Waals surface area contributed by atoms with Crippen molar-refractivity contribution >= 4 is 17.6 Å². The average Bonchev–Trinajstić information content (AvgIpc) is 2.63. The lowest BCUT2D eigenvalue weighted by atomic mass is 9.97. The fraction of sp³-hybridized carbons (Fsp3) is 0.579. The van der Waals surface area contributed by atoms with E-state index in [1.807, 2.05) is 45.0 Å². The number of nitrogens with one attached hydrogen (secondary N) is 1. The van der Waals surface area contributed by atoms with Gasteiger partial charge in [0.25, 0.3) is 0 Å². The normalized spacial score (nSPS) is 19.1. The van der Waals surface area contributed by atoms with E-state index in [1.165, 1.54) is 0 Å². The van der Waals surface area contributed by atoms with Crippen molar-refractivity contribution in [3.05, 3.63) is 24.3 Å². The fourth-order valence-electron chi connectivity index (χ4n) is 3.02. The SMILES string of the molecule is CCOC(=O)C1CCCN(C(C)C(=O)Nc2ccc(OCC)cc2)C1. The van der Waals surface area contributed by atoms with Gasteiger partial charge >= 0.3 is 5.97 Å². The minimum absolute atomic E-state index is 0.0753. The van der Waals surface area contributed by atoms with Gasteiger partial charge in [0.1, 0.15) is 5.75 Å². The first-order valence-corrected chi connectivity index (χ1v) is 8.99. The van der Waals surface area contributed by atoms with E-state index in [0.29, 0.717) is 19.8 Å². The summed E-state index contributed by atoms with van der Waals surface area (Å²) in [5.74, 6) is 0.399. The largest absolute Gasteiger partial charge is 0.494 e. The molecule has 0 aromatic heterocycles. The number of piperidine rings is 1. The summed E-state index contributed by atoms with van der Waals surface area (Å²) in [6.07, 6.45) is 1.71. The highest BCUT2D eigenvalue weighted by Crippen LogP contribution is 2.21. The van der Waals surface area contributed by atoms with Gasteiger partial charge in [0, 0.05) is 12.2 Å². The molecule has 2 unspecified atom stereocenters. The maximum absolute atomic E-state index is 12.5.